The van der Waals surface area contributed by atoms with Crippen molar-refractivity contribution in [3.05, 3.63) is 59.4 Å². The van der Waals surface area contributed by atoms with Crippen LogP contribution in [-0.4, -0.2) is 31.1 Å². The van der Waals surface area contributed by atoms with Gasteiger partial charge in [-0.3, -0.25) is 0 Å². The largest absolute Gasteiger partial charge is 0.466 e. The van der Waals surface area contributed by atoms with Gasteiger partial charge in [0.1, 0.15) is 10.7 Å². The minimum absolute atomic E-state index is 0.0597. The van der Waals surface area contributed by atoms with E-state index >= 15 is 0 Å². The summed E-state index contributed by atoms with van der Waals surface area (Å²) in [5.74, 6) is -1.38. The molecule has 0 bridgehead atoms. The first-order chi connectivity index (χ1) is 12.0. The van der Waals surface area contributed by atoms with Crippen molar-refractivity contribution in [2.75, 3.05) is 19.5 Å². The lowest BCUT2D eigenvalue weighted by Gasteiger charge is -2.11. The summed E-state index contributed by atoms with van der Waals surface area (Å²) in [5.41, 5.74) is 0.464. The molecule has 8 heteroatoms. The van der Waals surface area contributed by atoms with Gasteiger partial charge in [-0.15, -0.1) is 0 Å². The second-order valence-electron chi connectivity index (χ2n) is 4.61. The summed E-state index contributed by atoms with van der Waals surface area (Å²) in [6.07, 6.45) is 2.71. The van der Waals surface area contributed by atoms with Gasteiger partial charge in [-0.25, -0.2) is 14.6 Å². The van der Waals surface area contributed by atoms with Crippen LogP contribution < -0.4 is 5.32 Å². The number of methoxy groups -OCH3 is 2. The highest BCUT2D eigenvalue weighted by molar-refractivity contribution is 7.99. The van der Waals surface area contributed by atoms with Gasteiger partial charge in [-0.05, 0) is 30.3 Å². The molecule has 0 amide bonds. The first-order valence-corrected chi connectivity index (χ1v) is 8.26. The number of nitrogens with one attached hydrogen (secondary N) is 1. The van der Waals surface area contributed by atoms with Crippen molar-refractivity contribution in [3.8, 4) is 0 Å². The van der Waals surface area contributed by atoms with E-state index in [4.69, 9.17) is 11.6 Å². The van der Waals surface area contributed by atoms with Crippen LogP contribution in [-0.2, 0) is 19.1 Å². The lowest BCUT2D eigenvalue weighted by molar-refractivity contribution is -0.138. The molecule has 1 N–H and O–H groups in total. The number of carbonyl (C=O) groups is 2. The van der Waals surface area contributed by atoms with Gasteiger partial charge in [0.05, 0.1) is 25.3 Å². The summed E-state index contributed by atoms with van der Waals surface area (Å²) < 4.78 is 9.16. The number of hydrogen-bond acceptors (Lipinski definition) is 7. The molecule has 1 aromatic heterocycles. The third kappa shape index (κ3) is 5.51. The smallest absolute Gasteiger partial charge is 0.354 e. The summed E-state index contributed by atoms with van der Waals surface area (Å²) >= 11 is 7.71. The highest BCUT2D eigenvalue weighted by Crippen LogP contribution is 2.34. The number of pyridine rings is 1. The number of nitrogens with zero attached hydrogens (tertiary/aromatic N) is 1. The Bertz CT molecular complexity index is 796. The van der Waals surface area contributed by atoms with Crippen LogP contribution in [0.1, 0.15) is 0 Å². The molecule has 25 heavy (non-hydrogen) atoms. The molecule has 2 aromatic rings. The Morgan fingerprint density at radius 3 is 2.60 bits per heavy atom. The average Bonchev–Trinajstić information content (AvgIpc) is 2.63. The molecule has 0 fully saturated rings. The summed E-state index contributed by atoms with van der Waals surface area (Å²) in [5, 5.41) is 4.09. The fourth-order valence-corrected chi connectivity index (χ4v) is 2.84. The third-order valence-corrected chi connectivity index (χ3v) is 4.38. The first-order valence-electron chi connectivity index (χ1n) is 7.07. The minimum atomic E-state index is -0.701. The molecule has 2 rings (SSSR count). The van der Waals surface area contributed by atoms with Crippen molar-refractivity contribution in [3.63, 3.8) is 0 Å². The second-order valence-corrected chi connectivity index (χ2v) is 6.08. The zero-order valence-corrected chi connectivity index (χ0v) is 15.1. The standard InChI is InChI=1S/C17H15ClN2O4S/c1-23-16(21)10-13(17(22)24-2)20-11-6-7-14(12(18)9-11)25-15-5-3-4-8-19-15/h3-10,20H,1-2H3/b13-10+. The number of halogens is 1. The maximum absolute atomic E-state index is 11.8. The van der Waals surface area contributed by atoms with E-state index in [0.717, 1.165) is 16.0 Å². The number of carbonyl (C=O) groups excluding carboxylic acids is 2. The van der Waals surface area contributed by atoms with Crippen molar-refractivity contribution < 1.29 is 19.1 Å². The maximum Gasteiger partial charge on any atom is 0.354 e. The van der Waals surface area contributed by atoms with Gasteiger partial charge in [0.15, 0.2) is 0 Å². The van der Waals surface area contributed by atoms with Gasteiger partial charge in [-0.1, -0.05) is 29.4 Å². The molecule has 1 heterocycles. The summed E-state index contributed by atoms with van der Waals surface area (Å²) in [7, 11) is 2.43. The number of esters is 2. The Morgan fingerprint density at radius 1 is 1.20 bits per heavy atom. The van der Waals surface area contributed by atoms with Gasteiger partial charge < -0.3 is 14.8 Å². The zero-order valence-electron chi connectivity index (χ0n) is 13.5. The van der Waals surface area contributed by atoms with Gasteiger partial charge in [0.2, 0.25) is 0 Å². The Hall–Kier alpha value is -2.51. The average molecular weight is 379 g/mol. The number of aromatic nitrogens is 1. The quantitative estimate of drug-likeness (QED) is 0.608. The fraction of sp³-hybridized carbons (Fsp3) is 0.118. The van der Waals surface area contributed by atoms with E-state index in [1.54, 1.807) is 24.4 Å². The maximum atomic E-state index is 11.8. The SMILES string of the molecule is COC(=O)/C=C(/Nc1ccc(Sc2ccccn2)c(Cl)c1)C(=O)OC. The molecule has 0 radical (unpaired) electrons. The van der Waals surface area contributed by atoms with E-state index in [2.05, 4.69) is 19.8 Å². The normalized spacial score (nSPS) is 10.9. The molecule has 6 nitrogen and oxygen atoms in total. The Balaban J connectivity index is 2.19. The number of rotatable bonds is 6. The molecule has 0 unspecified atom stereocenters. The van der Waals surface area contributed by atoms with Crippen LogP contribution in [0.4, 0.5) is 5.69 Å². The van der Waals surface area contributed by atoms with Gasteiger partial charge in [0, 0.05) is 16.8 Å². The van der Waals surface area contributed by atoms with Crippen LogP contribution >= 0.6 is 23.4 Å². The summed E-state index contributed by atoms with van der Waals surface area (Å²) in [6.45, 7) is 0. The highest BCUT2D eigenvalue weighted by atomic mass is 35.5. The van der Waals surface area contributed by atoms with Crippen LogP contribution in [0.15, 0.2) is 64.3 Å². The molecular formula is C17H15ClN2O4S. The fourth-order valence-electron chi connectivity index (χ4n) is 1.77. The highest BCUT2D eigenvalue weighted by Gasteiger charge is 2.14. The van der Waals surface area contributed by atoms with Crippen molar-refractivity contribution in [2.24, 2.45) is 0 Å². The number of ether oxygens (including phenoxy) is 2. The minimum Gasteiger partial charge on any atom is -0.466 e. The monoisotopic (exact) mass is 378 g/mol. The number of hydrogen-bond donors (Lipinski definition) is 1. The van der Waals surface area contributed by atoms with Crippen molar-refractivity contribution in [1.29, 1.82) is 0 Å². The molecule has 0 saturated heterocycles. The van der Waals surface area contributed by atoms with Crippen LogP contribution in [0.2, 0.25) is 5.02 Å². The van der Waals surface area contributed by atoms with Crippen molar-refractivity contribution >= 4 is 41.0 Å². The van der Waals surface area contributed by atoms with E-state index < -0.39 is 11.9 Å². The van der Waals surface area contributed by atoms with Gasteiger partial charge in [-0.2, -0.15) is 0 Å². The molecule has 0 saturated carbocycles. The Labute approximate surface area is 154 Å². The molecule has 130 valence electrons. The predicted molar refractivity (Wildman–Crippen MR) is 95.5 cm³/mol. The third-order valence-electron chi connectivity index (χ3n) is 2.93. The predicted octanol–water partition coefficient (Wildman–Crippen LogP) is 3.53. The van der Waals surface area contributed by atoms with E-state index in [-0.39, 0.29) is 5.70 Å². The van der Waals surface area contributed by atoms with Crippen molar-refractivity contribution in [2.45, 2.75) is 9.92 Å². The molecular weight excluding hydrogens is 364 g/mol. The molecule has 0 atom stereocenters. The summed E-state index contributed by atoms with van der Waals surface area (Å²) in [4.78, 5) is 28.2. The summed E-state index contributed by atoms with van der Waals surface area (Å²) in [6, 6.07) is 10.8. The van der Waals surface area contributed by atoms with Gasteiger partial charge in [0.25, 0.3) is 0 Å². The van der Waals surface area contributed by atoms with E-state index in [1.807, 2.05) is 18.2 Å². The molecule has 1 aromatic carbocycles. The Morgan fingerprint density at radius 2 is 2.00 bits per heavy atom. The van der Waals surface area contributed by atoms with E-state index in [0.29, 0.717) is 10.7 Å². The van der Waals surface area contributed by atoms with Gasteiger partial charge >= 0.3 is 11.9 Å². The first kappa shape index (κ1) is 18.8. The number of benzene rings is 1. The zero-order chi connectivity index (χ0) is 18.2. The van der Waals surface area contributed by atoms with Crippen LogP contribution in [0.3, 0.4) is 0 Å². The lowest BCUT2D eigenvalue weighted by Crippen LogP contribution is -2.15. The van der Waals surface area contributed by atoms with Crippen LogP contribution in [0.5, 0.6) is 0 Å². The van der Waals surface area contributed by atoms with Crippen molar-refractivity contribution in [1.82, 2.24) is 4.98 Å². The topological polar surface area (TPSA) is 77.5 Å². The molecule has 0 aliphatic heterocycles. The molecule has 0 aliphatic rings. The lowest BCUT2D eigenvalue weighted by atomic mass is 10.3. The van der Waals surface area contributed by atoms with Crippen LogP contribution in [0.25, 0.3) is 0 Å². The second kappa shape index (κ2) is 9.10. The number of anilines is 1. The van der Waals surface area contributed by atoms with E-state index in [1.165, 1.54) is 26.0 Å². The Kier molecular flexibility index (Phi) is 6.85. The molecule has 0 aliphatic carbocycles. The van der Waals surface area contributed by atoms with Crippen LogP contribution in [0, 0.1) is 0 Å². The molecule has 0 spiro atoms. The van der Waals surface area contributed by atoms with E-state index in [9.17, 15) is 9.59 Å².